The molecule has 0 fully saturated rings. The summed E-state index contributed by atoms with van der Waals surface area (Å²) in [7, 11) is 1.42. The molecule has 2 rings (SSSR count). The lowest BCUT2D eigenvalue weighted by Gasteiger charge is -2.14. The van der Waals surface area contributed by atoms with Crippen LogP contribution in [0.15, 0.2) is 40.9 Å². The van der Waals surface area contributed by atoms with Crippen LogP contribution in [0.3, 0.4) is 0 Å². The van der Waals surface area contributed by atoms with E-state index in [-0.39, 0.29) is 12.4 Å². The molecule has 112 valence electrons. The van der Waals surface area contributed by atoms with Crippen LogP contribution in [0.5, 0.6) is 11.5 Å². The Morgan fingerprint density at radius 3 is 2.57 bits per heavy atom. The van der Waals surface area contributed by atoms with Crippen LogP contribution in [0.25, 0.3) is 0 Å². The third kappa shape index (κ3) is 3.95. The van der Waals surface area contributed by atoms with E-state index >= 15 is 0 Å². The third-order valence-electron chi connectivity index (χ3n) is 3.04. The summed E-state index contributed by atoms with van der Waals surface area (Å²) in [5.41, 5.74) is 1.37. The highest BCUT2D eigenvalue weighted by Crippen LogP contribution is 2.29. The van der Waals surface area contributed by atoms with E-state index in [2.05, 4.69) is 15.9 Å². The van der Waals surface area contributed by atoms with Crippen molar-refractivity contribution >= 4 is 15.9 Å². The van der Waals surface area contributed by atoms with Gasteiger partial charge >= 0.3 is 0 Å². The Hall–Kier alpha value is -1.59. The molecular weight excluding hydrogens is 339 g/mol. The highest BCUT2D eigenvalue weighted by molar-refractivity contribution is 9.10. The predicted octanol–water partition coefficient (Wildman–Crippen LogP) is 4.23. The quantitative estimate of drug-likeness (QED) is 0.873. The summed E-state index contributed by atoms with van der Waals surface area (Å²) < 4.78 is 25.0. The molecule has 1 atom stereocenters. The van der Waals surface area contributed by atoms with E-state index in [1.807, 2.05) is 6.07 Å². The second-order valence-corrected chi connectivity index (χ2v) is 5.53. The van der Waals surface area contributed by atoms with Gasteiger partial charge in [0.05, 0.1) is 13.2 Å². The Bertz CT molecular complexity index is 629. The lowest BCUT2D eigenvalue weighted by Crippen LogP contribution is -2.01. The summed E-state index contributed by atoms with van der Waals surface area (Å²) >= 11 is 3.36. The van der Waals surface area contributed by atoms with E-state index in [0.717, 1.165) is 4.47 Å². The summed E-state index contributed by atoms with van der Waals surface area (Å²) in [6.07, 6.45) is -0.638. The van der Waals surface area contributed by atoms with Crippen LogP contribution in [-0.2, 0) is 6.61 Å². The van der Waals surface area contributed by atoms with E-state index in [4.69, 9.17) is 9.47 Å². The molecule has 0 aliphatic heterocycles. The average Bonchev–Trinajstić information content (AvgIpc) is 2.45. The van der Waals surface area contributed by atoms with Gasteiger partial charge in [0.2, 0.25) is 0 Å². The van der Waals surface area contributed by atoms with Crippen LogP contribution in [0.4, 0.5) is 4.39 Å². The van der Waals surface area contributed by atoms with Gasteiger partial charge in [-0.15, -0.1) is 0 Å². The van der Waals surface area contributed by atoms with Crippen molar-refractivity contribution in [3.05, 3.63) is 57.8 Å². The Balaban J connectivity index is 2.16. The summed E-state index contributed by atoms with van der Waals surface area (Å²) in [4.78, 5) is 0. The van der Waals surface area contributed by atoms with Gasteiger partial charge < -0.3 is 14.6 Å². The van der Waals surface area contributed by atoms with Crippen LogP contribution < -0.4 is 9.47 Å². The summed E-state index contributed by atoms with van der Waals surface area (Å²) in [5.74, 6) is 0.338. The number of hydrogen-bond acceptors (Lipinski definition) is 3. The number of methoxy groups -OCH3 is 1. The maximum atomic E-state index is 13.6. The molecule has 0 spiro atoms. The van der Waals surface area contributed by atoms with Gasteiger partial charge in [-0.2, -0.15) is 0 Å². The molecule has 0 heterocycles. The van der Waals surface area contributed by atoms with Crippen molar-refractivity contribution in [3.63, 3.8) is 0 Å². The number of halogens is 2. The summed E-state index contributed by atoms with van der Waals surface area (Å²) in [5, 5.41) is 9.73. The van der Waals surface area contributed by atoms with E-state index in [1.165, 1.54) is 13.2 Å². The van der Waals surface area contributed by atoms with Crippen LogP contribution in [0, 0.1) is 5.82 Å². The number of hydrogen-bond donors (Lipinski definition) is 1. The molecule has 0 aliphatic rings. The van der Waals surface area contributed by atoms with Crippen molar-refractivity contribution < 1.29 is 19.0 Å². The predicted molar refractivity (Wildman–Crippen MR) is 82.1 cm³/mol. The van der Waals surface area contributed by atoms with Gasteiger partial charge in [0.25, 0.3) is 0 Å². The molecule has 0 unspecified atom stereocenters. The molecule has 0 saturated carbocycles. The topological polar surface area (TPSA) is 38.7 Å². The van der Waals surface area contributed by atoms with Crippen molar-refractivity contribution in [3.8, 4) is 11.5 Å². The monoisotopic (exact) mass is 354 g/mol. The van der Waals surface area contributed by atoms with E-state index < -0.39 is 11.9 Å². The van der Waals surface area contributed by atoms with Crippen molar-refractivity contribution in [2.75, 3.05) is 7.11 Å². The number of ether oxygens (including phenoxy) is 2. The summed E-state index contributed by atoms with van der Waals surface area (Å²) in [6.45, 7) is 1.88. The molecule has 0 aliphatic carbocycles. The zero-order valence-corrected chi connectivity index (χ0v) is 13.4. The van der Waals surface area contributed by atoms with Gasteiger partial charge in [-0.25, -0.2) is 4.39 Å². The molecule has 21 heavy (non-hydrogen) atoms. The van der Waals surface area contributed by atoms with Crippen LogP contribution in [-0.4, -0.2) is 12.2 Å². The lowest BCUT2D eigenvalue weighted by atomic mass is 10.1. The minimum atomic E-state index is -0.638. The molecule has 0 bridgehead atoms. The summed E-state index contributed by atoms with van der Waals surface area (Å²) in [6, 6.07) is 10.1. The van der Waals surface area contributed by atoms with Crippen molar-refractivity contribution in [2.45, 2.75) is 19.6 Å². The van der Waals surface area contributed by atoms with Gasteiger partial charge in [-0.3, -0.25) is 0 Å². The van der Waals surface area contributed by atoms with Crippen molar-refractivity contribution in [1.82, 2.24) is 0 Å². The van der Waals surface area contributed by atoms with Crippen molar-refractivity contribution in [2.24, 2.45) is 0 Å². The zero-order chi connectivity index (χ0) is 15.4. The Morgan fingerprint density at radius 2 is 1.95 bits per heavy atom. The largest absolute Gasteiger partial charge is 0.494 e. The molecule has 0 radical (unpaired) electrons. The molecule has 5 heteroatoms. The fourth-order valence-corrected chi connectivity index (χ4v) is 2.28. The smallest absolute Gasteiger partial charge is 0.165 e. The number of aliphatic hydroxyl groups excluding tert-OH is 1. The van der Waals surface area contributed by atoms with Crippen LogP contribution in [0.2, 0.25) is 0 Å². The van der Waals surface area contributed by atoms with Crippen LogP contribution >= 0.6 is 15.9 Å². The molecule has 0 amide bonds. The molecule has 0 aromatic heterocycles. The lowest BCUT2D eigenvalue weighted by molar-refractivity contribution is 0.190. The highest BCUT2D eigenvalue weighted by Gasteiger charge is 2.11. The standard InChI is InChI=1S/C16H16BrFO3/c1-10(19)13-5-4-12(17)8-16(13)21-9-11-3-6-15(20-2)14(18)7-11/h3-8,10,19H,9H2,1-2H3/t10-/m1/s1. The molecule has 2 aromatic carbocycles. The van der Waals surface area contributed by atoms with Gasteiger partial charge in [-0.1, -0.05) is 28.1 Å². The van der Waals surface area contributed by atoms with Gasteiger partial charge in [0.1, 0.15) is 12.4 Å². The van der Waals surface area contributed by atoms with E-state index in [9.17, 15) is 9.50 Å². The molecular formula is C16H16BrFO3. The first-order valence-electron chi connectivity index (χ1n) is 6.44. The Labute approximate surface area is 131 Å². The molecule has 1 N–H and O–H groups in total. The number of rotatable bonds is 5. The van der Waals surface area contributed by atoms with Crippen LogP contribution in [0.1, 0.15) is 24.2 Å². The van der Waals surface area contributed by atoms with Gasteiger partial charge in [0.15, 0.2) is 11.6 Å². The van der Waals surface area contributed by atoms with E-state index in [0.29, 0.717) is 16.9 Å². The SMILES string of the molecule is COc1ccc(COc2cc(Br)ccc2[C@@H](C)O)cc1F. The Morgan fingerprint density at radius 1 is 1.19 bits per heavy atom. The second kappa shape index (κ2) is 6.91. The first kappa shape index (κ1) is 15.8. The molecule has 3 nitrogen and oxygen atoms in total. The Kier molecular flexibility index (Phi) is 5.20. The fraction of sp³-hybridized carbons (Fsp3) is 0.250. The third-order valence-corrected chi connectivity index (χ3v) is 3.53. The zero-order valence-electron chi connectivity index (χ0n) is 11.8. The normalized spacial score (nSPS) is 12.0. The maximum absolute atomic E-state index is 13.6. The number of benzene rings is 2. The highest BCUT2D eigenvalue weighted by atomic mass is 79.9. The molecule has 2 aromatic rings. The fourth-order valence-electron chi connectivity index (χ4n) is 1.94. The second-order valence-electron chi connectivity index (χ2n) is 4.62. The first-order chi connectivity index (χ1) is 10.0. The molecule has 0 saturated heterocycles. The minimum Gasteiger partial charge on any atom is -0.494 e. The van der Waals surface area contributed by atoms with Gasteiger partial charge in [0, 0.05) is 10.0 Å². The average molecular weight is 355 g/mol. The van der Waals surface area contributed by atoms with E-state index in [1.54, 1.807) is 31.2 Å². The first-order valence-corrected chi connectivity index (χ1v) is 7.23. The maximum Gasteiger partial charge on any atom is 0.165 e. The number of aliphatic hydroxyl groups is 1. The van der Waals surface area contributed by atoms with Gasteiger partial charge in [-0.05, 0) is 36.8 Å². The van der Waals surface area contributed by atoms with Crippen molar-refractivity contribution in [1.29, 1.82) is 0 Å². The minimum absolute atomic E-state index is 0.200.